The van der Waals surface area contributed by atoms with Crippen molar-refractivity contribution < 1.29 is 14.3 Å². The first-order valence-electron chi connectivity index (χ1n) is 5.25. The SMILES string of the molecule is COC1OC(=O)C(Cl)C1SCc1ccccc1. The van der Waals surface area contributed by atoms with E-state index in [4.69, 9.17) is 21.1 Å². The molecule has 1 fully saturated rings. The summed E-state index contributed by atoms with van der Waals surface area (Å²) in [7, 11) is 1.52. The number of methoxy groups -OCH3 is 1. The fourth-order valence-electron chi connectivity index (χ4n) is 1.63. The van der Waals surface area contributed by atoms with Crippen LogP contribution in [0, 0.1) is 0 Å². The molecule has 5 heteroatoms. The third-order valence-corrected chi connectivity index (χ3v) is 4.51. The molecule has 1 heterocycles. The summed E-state index contributed by atoms with van der Waals surface area (Å²) in [6, 6.07) is 10.0. The van der Waals surface area contributed by atoms with Crippen molar-refractivity contribution >= 4 is 29.3 Å². The van der Waals surface area contributed by atoms with Gasteiger partial charge >= 0.3 is 5.97 Å². The lowest BCUT2D eigenvalue weighted by Crippen LogP contribution is -2.25. The van der Waals surface area contributed by atoms with Crippen molar-refractivity contribution in [1.29, 1.82) is 0 Å². The Morgan fingerprint density at radius 1 is 1.41 bits per heavy atom. The highest BCUT2D eigenvalue weighted by atomic mass is 35.5. The van der Waals surface area contributed by atoms with Gasteiger partial charge in [-0.25, -0.2) is 0 Å². The monoisotopic (exact) mass is 272 g/mol. The molecule has 0 aliphatic carbocycles. The molecule has 0 aromatic heterocycles. The predicted molar refractivity (Wildman–Crippen MR) is 68.1 cm³/mol. The van der Waals surface area contributed by atoms with E-state index in [1.165, 1.54) is 12.7 Å². The fourth-order valence-corrected chi connectivity index (χ4v) is 3.20. The maximum Gasteiger partial charge on any atom is 0.327 e. The number of thioether (sulfide) groups is 1. The Labute approximate surface area is 109 Å². The molecule has 1 aliphatic heterocycles. The minimum atomic E-state index is -0.631. The lowest BCUT2D eigenvalue weighted by Gasteiger charge is -2.16. The van der Waals surface area contributed by atoms with Crippen molar-refractivity contribution in [3.63, 3.8) is 0 Å². The Morgan fingerprint density at radius 3 is 2.76 bits per heavy atom. The molecular weight excluding hydrogens is 260 g/mol. The van der Waals surface area contributed by atoms with Crippen LogP contribution in [0.2, 0.25) is 0 Å². The van der Waals surface area contributed by atoms with Gasteiger partial charge in [-0.3, -0.25) is 4.79 Å². The zero-order valence-corrected chi connectivity index (χ0v) is 10.9. The Hall–Kier alpha value is -0.710. The minimum absolute atomic E-state index is 0.158. The number of cyclic esters (lactones) is 1. The summed E-state index contributed by atoms with van der Waals surface area (Å²) in [6.07, 6.45) is -0.543. The minimum Gasteiger partial charge on any atom is -0.433 e. The fraction of sp³-hybridized carbons (Fsp3) is 0.417. The van der Waals surface area contributed by atoms with Gasteiger partial charge in [0.05, 0.1) is 5.25 Å². The summed E-state index contributed by atoms with van der Waals surface area (Å²) in [5, 5.41) is -0.789. The van der Waals surface area contributed by atoms with E-state index in [1.807, 2.05) is 30.3 Å². The summed E-state index contributed by atoms with van der Waals surface area (Å²) < 4.78 is 10.1. The van der Waals surface area contributed by atoms with Crippen LogP contribution in [0.4, 0.5) is 0 Å². The van der Waals surface area contributed by atoms with Gasteiger partial charge in [-0.05, 0) is 5.56 Å². The molecule has 1 saturated heterocycles. The van der Waals surface area contributed by atoms with Crippen molar-refractivity contribution in [3.05, 3.63) is 35.9 Å². The second-order valence-electron chi connectivity index (χ2n) is 3.70. The molecule has 2 rings (SSSR count). The largest absolute Gasteiger partial charge is 0.433 e. The van der Waals surface area contributed by atoms with Crippen LogP contribution in [-0.4, -0.2) is 30.0 Å². The number of ether oxygens (including phenoxy) is 2. The van der Waals surface area contributed by atoms with Gasteiger partial charge in [-0.2, -0.15) is 0 Å². The van der Waals surface area contributed by atoms with Gasteiger partial charge in [-0.15, -0.1) is 23.4 Å². The van der Waals surface area contributed by atoms with E-state index < -0.39 is 17.6 Å². The molecule has 0 radical (unpaired) electrons. The van der Waals surface area contributed by atoms with Gasteiger partial charge in [0, 0.05) is 12.9 Å². The Balaban J connectivity index is 1.96. The molecule has 0 saturated carbocycles. The standard InChI is InChI=1S/C12H13ClO3S/c1-15-12-10(9(13)11(14)16-12)17-7-8-5-3-2-4-6-8/h2-6,9-10,12H,7H2,1H3. The van der Waals surface area contributed by atoms with Crippen LogP contribution in [-0.2, 0) is 20.0 Å². The number of alkyl halides is 1. The average molecular weight is 273 g/mol. The van der Waals surface area contributed by atoms with Crippen LogP contribution in [0.1, 0.15) is 5.56 Å². The second kappa shape index (κ2) is 5.76. The first-order valence-corrected chi connectivity index (χ1v) is 6.74. The maximum absolute atomic E-state index is 11.3. The molecular formula is C12H13ClO3S. The van der Waals surface area contributed by atoms with Gasteiger partial charge in [0.15, 0.2) is 0 Å². The molecule has 0 spiro atoms. The molecule has 17 heavy (non-hydrogen) atoms. The number of hydrogen-bond donors (Lipinski definition) is 0. The summed E-state index contributed by atoms with van der Waals surface area (Å²) in [5.41, 5.74) is 1.19. The summed E-state index contributed by atoms with van der Waals surface area (Å²) in [4.78, 5) is 11.3. The van der Waals surface area contributed by atoms with Crippen LogP contribution in [0.15, 0.2) is 30.3 Å². The highest BCUT2D eigenvalue weighted by Gasteiger charge is 2.44. The zero-order valence-electron chi connectivity index (χ0n) is 9.34. The van der Waals surface area contributed by atoms with Crippen molar-refractivity contribution in [3.8, 4) is 0 Å². The van der Waals surface area contributed by atoms with E-state index in [0.29, 0.717) is 0 Å². The summed E-state index contributed by atoms with van der Waals surface area (Å²) in [6.45, 7) is 0. The number of hydrogen-bond acceptors (Lipinski definition) is 4. The number of esters is 1. The molecule has 92 valence electrons. The van der Waals surface area contributed by atoms with Crippen molar-refractivity contribution in [1.82, 2.24) is 0 Å². The number of rotatable bonds is 4. The summed E-state index contributed by atoms with van der Waals surface area (Å²) >= 11 is 7.57. The highest BCUT2D eigenvalue weighted by molar-refractivity contribution is 7.99. The normalized spacial score (nSPS) is 28.1. The smallest absolute Gasteiger partial charge is 0.327 e. The highest BCUT2D eigenvalue weighted by Crippen LogP contribution is 2.33. The first-order chi connectivity index (χ1) is 8.22. The maximum atomic E-state index is 11.3. The molecule has 3 atom stereocenters. The molecule has 1 aliphatic rings. The number of halogens is 1. The summed E-state index contributed by atoms with van der Waals surface area (Å²) in [5.74, 6) is 0.384. The lowest BCUT2D eigenvalue weighted by molar-refractivity contribution is -0.157. The molecule has 0 N–H and O–H groups in total. The van der Waals surface area contributed by atoms with Crippen molar-refractivity contribution in [2.24, 2.45) is 0 Å². The topological polar surface area (TPSA) is 35.5 Å². The molecule has 1 aromatic carbocycles. The molecule has 0 bridgehead atoms. The predicted octanol–water partition coefficient (Wildman–Crippen LogP) is 2.43. The number of carbonyl (C=O) groups excluding carboxylic acids is 1. The third-order valence-electron chi connectivity index (χ3n) is 2.53. The van der Waals surface area contributed by atoms with E-state index in [1.54, 1.807) is 11.8 Å². The Kier molecular flexibility index (Phi) is 4.31. The van der Waals surface area contributed by atoms with E-state index in [9.17, 15) is 4.79 Å². The van der Waals surface area contributed by atoms with Crippen LogP contribution < -0.4 is 0 Å². The quantitative estimate of drug-likeness (QED) is 0.623. The molecule has 3 nitrogen and oxygen atoms in total. The van der Waals surface area contributed by atoms with Crippen LogP contribution in [0.5, 0.6) is 0 Å². The van der Waals surface area contributed by atoms with Crippen LogP contribution >= 0.6 is 23.4 Å². The molecule has 1 aromatic rings. The van der Waals surface area contributed by atoms with Gasteiger partial charge in [0.1, 0.15) is 5.38 Å². The first kappa shape index (κ1) is 12.7. The van der Waals surface area contributed by atoms with Crippen molar-refractivity contribution in [2.75, 3.05) is 7.11 Å². The van der Waals surface area contributed by atoms with E-state index in [-0.39, 0.29) is 5.25 Å². The van der Waals surface area contributed by atoms with Gasteiger partial charge < -0.3 is 9.47 Å². The van der Waals surface area contributed by atoms with Gasteiger partial charge in [-0.1, -0.05) is 30.3 Å². The number of benzene rings is 1. The van der Waals surface area contributed by atoms with Crippen LogP contribution in [0.3, 0.4) is 0 Å². The third kappa shape index (κ3) is 2.94. The Bertz CT molecular complexity index is 385. The van der Waals surface area contributed by atoms with Gasteiger partial charge in [0.25, 0.3) is 0 Å². The lowest BCUT2D eigenvalue weighted by atomic mass is 10.2. The van der Waals surface area contributed by atoms with E-state index >= 15 is 0 Å². The Morgan fingerprint density at radius 2 is 2.12 bits per heavy atom. The van der Waals surface area contributed by atoms with Crippen molar-refractivity contribution in [2.45, 2.75) is 22.7 Å². The second-order valence-corrected chi connectivity index (χ2v) is 5.34. The molecule has 3 unspecified atom stereocenters. The number of carbonyl (C=O) groups is 1. The van der Waals surface area contributed by atoms with E-state index in [0.717, 1.165) is 5.75 Å². The van der Waals surface area contributed by atoms with Crippen LogP contribution in [0.25, 0.3) is 0 Å². The zero-order chi connectivity index (χ0) is 12.3. The van der Waals surface area contributed by atoms with Gasteiger partial charge in [0.2, 0.25) is 6.29 Å². The van der Waals surface area contributed by atoms with E-state index in [2.05, 4.69) is 0 Å². The molecule has 0 amide bonds. The average Bonchev–Trinajstić information content (AvgIpc) is 2.64.